The van der Waals surface area contributed by atoms with Crippen molar-refractivity contribution in [2.45, 2.75) is 6.92 Å². The molecule has 0 bridgehead atoms. The fourth-order valence-corrected chi connectivity index (χ4v) is 3.41. The van der Waals surface area contributed by atoms with E-state index in [1.54, 1.807) is 6.20 Å². The number of hydrogen-bond donors (Lipinski definition) is 1. The summed E-state index contributed by atoms with van der Waals surface area (Å²) in [5, 5.41) is 3.22. The van der Waals surface area contributed by atoms with Gasteiger partial charge in [0.05, 0.1) is 6.54 Å². The zero-order valence-corrected chi connectivity index (χ0v) is 15.3. The summed E-state index contributed by atoms with van der Waals surface area (Å²) in [5.74, 6) is 1.11. The first-order chi connectivity index (χ1) is 11.6. The number of piperazine rings is 1. The summed E-state index contributed by atoms with van der Waals surface area (Å²) in [6.07, 6.45) is 1.80. The number of aryl methyl sites for hydroxylation is 1. The first kappa shape index (κ1) is 16.8. The summed E-state index contributed by atoms with van der Waals surface area (Å²) in [4.78, 5) is 20.9. The number of carbonyl (C=O) groups is 1. The molecule has 1 aromatic carbocycles. The van der Waals surface area contributed by atoms with Crippen LogP contribution in [0, 0.1) is 6.92 Å². The number of carbonyl (C=O) groups excluding carboxylic acids is 1. The van der Waals surface area contributed by atoms with Crippen LogP contribution in [0.4, 0.5) is 11.5 Å². The summed E-state index contributed by atoms with van der Waals surface area (Å²) in [6.45, 7) is 5.44. The maximum atomic E-state index is 12.4. The molecule has 2 heterocycles. The van der Waals surface area contributed by atoms with Crippen LogP contribution < -0.4 is 10.2 Å². The Morgan fingerprint density at radius 3 is 2.67 bits per heavy atom. The topological polar surface area (TPSA) is 48.5 Å². The summed E-state index contributed by atoms with van der Waals surface area (Å²) < 4.78 is 0.982. The van der Waals surface area contributed by atoms with Gasteiger partial charge in [-0.2, -0.15) is 0 Å². The maximum Gasteiger partial charge on any atom is 0.241 e. The highest BCUT2D eigenvalue weighted by Gasteiger charge is 2.21. The van der Waals surface area contributed by atoms with E-state index in [1.165, 1.54) is 5.56 Å². The molecule has 1 fully saturated rings. The molecule has 1 N–H and O–H groups in total. The molecule has 0 saturated carbocycles. The highest BCUT2D eigenvalue weighted by molar-refractivity contribution is 9.10. The lowest BCUT2D eigenvalue weighted by Gasteiger charge is -2.35. The van der Waals surface area contributed by atoms with E-state index >= 15 is 0 Å². The van der Waals surface area contributed by atoms with Crippen molar-refractivity contribution in [3.05, 3.63) is 52.6 Å². The van der Waals surface area contributed by atoms with Crippen molar-refractivity contribution in [3.8, 4) is 0 Å². The summed E-state index contributed by atoms with van der Waals surface area (Å²) in [6, 6.07) is 12.0. The van der Waals surface area contributed by atoms with Gasteiger partial charge in [-0.05, 0) is 52.7 Å². The lowest BCUT2D eigenvalue weighted by molar-refractivity contribution is -0.129. The predicted octanol–water partition coefficient (Wildman–Crippen LogP) is 2.91. The van der Waals surface area contributed by atoms with Gasteiger partial charge in [0.2, 0.25) is 5.91 Å². The van der Waals surface area contributed by atoms with Crippen molar-refractivity contribution in [1.29, 1.82) is 0 Å². The highest BCUT2D eigenvalue weighted by atomic mass is 79.9. The minimum Gasteiger partial charge on any atom is -0.375 e. The van der Waals surface area contributed by atoms with Crippen molar-refractivity contribution in [3.63, 3.8) is 0 Å². The van der Waals surface area contributed by atoms with Crippen LogP contribution in [0.1, 0.15) is 5.56 Å². The van der Waals surface area contributed by atoms with E-state index in [0.29, 0.717) is 6.54 Å². The average molecular weight is 389 g/mol. The van der Waals surface area contributed by atoms with E-state index in [2.05, 4.69) is 31.1 Å². The summed E-state index contributed by atoms with van der Waals surface area (Å²) in [5.41, 5.74) is 2.13. The number of amides is 1. The monoisotopic (exact) mass is 388 g/mol. The minimum atomic E-state index is 0.128. The van der Waals surface area contributed by atoms with E-state index in [-0.39, 0.29) is 5.91 Å². The van der Waals surface area contributed by atoms with Crippen molar-refractivity contribution in [2.24, 2.45) is 0 Å². The van der Waals surface area contributed by atoms with Gasteiger partial charge in [0.1, 0.15) is 5.82 Å². The van der Waals surface area contributed by atoms with E-state index < -0.39 is 0 Å². The van der Waals surface area contributed by atoms with E-state index in [9.17, 15) is 4.79 Å². The number of anilines is 2. The molecule has 126 valence electrons. The Balaban J connectivity index is 1.50. The molecule has 0 radical (unpaired) electrons. The fourth-order valence-electron chi connectivity index (χ4n) is 2.77. The van der Waals surface area contributed by atoms with Crippen LogP contribution in [0.25, 0.3) is 0 Å². The molecule has 1 saturated heterocycles. The lowest BCUT2D eigenvalue weighted by Crippen LogP contribution is -2.50. The van der Waals surface area contributed by atoms with Crippen molar-refractivity contribution >= 4 is 33.3 Å². The van der Waals surface area contributed by atoms with Gasteiger partial charge >= 0.3 is 0 Å². The summed E-state index contributed by atoms with van der Waals surface area (Å²) >= 11 is 3.53. The zero-order chi connectivity index (χ0) is 16.9. The van der Waals surface area contributed by atoms with Crippen LogP contribution in [0.2, 0.25) is 0 Å². The Kier molecular flexibility index (Phi) is 5.35. The van der Waals surface area contributed by atoms with Crippen molar-refractivity contribution < 1.29 is 4.79 Å². The summed E-state index contributed by atoms with van der Waals surface area (Å²) in [7, 11) is 0. The third-order valence-electron chi connectivity index (χ3n) is 4.16. The molecule has 1 aliphatic rings. The Hall–Kier alpha value is -2.08. The molecule has 0 atom stereocenters. The minimum absolute atomic E-state index is 0.128. The molecule has 5 nitrogen and oxygen atoms in total. The molecule has 1 aliphatic heterocycles. The third kappa shape index (κ3) is 4.06. The van der Waals surface area contributed by atoms with Gasteiger partial charge in [-0.1, -0.05) is 12.1 Å². The normalized spacial score (nSPS) is 14.6. The molecule has 3 rings (SSSR count). The zero-order valence-electron chi connectivity index (χ0n) is 13.7. The molecule has 24 heavy (non-hydrogen) atoms. The maximum absolute atomic E-state index is 12.4. The Morgan fingerprint density at radius 2 is 2.00 bits per heavy atom. The first-order valence-corrected chi connectivity index (χ1v) is 8.86. The van der Waals surface area contributed by atoms with Crippen LogP contribution in [-0.4, -0.2) is 48.5 Å². The molecule has 0 unspecified atom stereocenters. The first-order valence-electron chi connectivity index (χ1n) is 8.07. The quantitative estimate of drug-likeness (QED) is 0.874. The number of rotatable bonds is 4. The largest absolute Gasteiger partial charge is 0.375 e. The SMILES string of the molecule is Cc1ccc(NCC(=O)N2CCN(c3ccccn3)CC2)c(Br)c1. The molecule has 6 heteroatoms. The lowest BCUT2D eigenvalue weighted by atomic mass is 10.2. The predicted molar refractivity (Wildman–Crippen MR) is 100 cm³/mol. The molecule has 1 aromatic heterocycles. The number of benzene rings is 1. The number of aromatic nitrogens is 1. The molecule has 2 aromatic rings. The van der Waals surface area contributed by atoms with Gasteiger partial charge in [0, 0.05) is 42.5 Å². The van der Waals surface area contributed by atoms with Crippen LogP contribution in [0.5, 0.6) is 0 Å². The molecular weight excluding hydrogens is 368 g/mol. The molecular formula is C18H21BrN4O. The fraction of sp³-hybridized carbons (Fsp3) is 0.333. The Labute approximate surface area is 150 Å². The molecule has 0 spiro atoms. The van der Waals surface area contributed by atoms with E-state index in [0.717, 1.165) is 42.2 Å². The van der Waals surface area contributed by atoms with Gasteiger partial charge < -0.3 is 15.1 Å². The number of nitrogens with zero attached hydrogens (tertiary/aromatic N) is 3. The average Bonchev–Trinajstić information content (AvgIpc) is 2.62. The molecule has 0 aliphatic carbocycles. The van der Waals surface area contributed by atoms with E-state index in [1.807, 2.05) is 48.2 Å². The van der Waals surface area contributed by atoms with Crippen LogP contribution in [0.15, 0.2) is 47.1 Å². The van der Waals surface area contributed by atoms with Gasteiger partial charge in [-0.25, -0.2) is 4.98 Å². The van der Waals surface area contributed by atoms with Crippen molar-refractivity contribution in [1.82, 2.24) is 9.88 Å². The second kappa shape index (κ2) is 7.66. The van der Waals surface area contributed by atoms with Gasteiger partial charge in [0.25, 0.3) is 0 Å². The van der Waals surface area contributed by atoms with Gasteiger partial charge in [-0.15, -0.1) is 0 Å². The van der Waals surface area contributed by atoms with E-state index in [4.69, 9.17) is 0 Å². The Bertz CT molecular complexity index is 699. The second-order valence-corrected chi connectivity index (χ2v) is 6.75. The van der Waals surface area contributed by atoms with Crippen LogP contribution in [-0.2, 0) is 4.79 Å². The van der Waals surface area contributed by atoms with Crippen molar-refractivity contribution in [2.75, 3.05) is 42.9 Å². The second-order valence-electron chi connectivity index (χ2n) is 5.89. The standard InChI is InChI=1S/C18H21BrN4O/c1-14-5-6-16(15(19)12-14)21-13-18(24)23-10-8-22(9-11-23)17-4-2-3-7-20-17/h2-7,12,21H,8-11,13H2,1H3. The van der Waals surface area contributed by atoms with Gasteiger partial charge in [-0.3, -0.25) is 4.79 Å². The van der Waals surface area contributed by atoms with Crippen LogP contribution >= 0.6 is 15.9 Å². The number of hydrogen-bond acceptors (Lipinski definition) is 4. The number of pyridine rings is 1. The number of halogens is 1. The van der Waals surface area contributed by atoms with Crippen LogP contribution in [0.3, 0.4) is 0 Å². The highest BCUT2D eigenvalue weighted by Crippen LogP contribution is 2.23. The smallest absolute Gasteiger partial charge is 0.241 e. The third-order valence-corrected chi connectivity index (χ3v) is 4.82. The van der Waals surface area contributed by atoms with Gasteiger partial charge in [0.15, 0.2) is 0 Å². The molecule has 1 amide bonds. The number of nitrogens with one attached hydrogen (secondary N) is 1. The Morgan fingerprint density at radius 1 is 1.21 bits per heavy atom.